The minimum Gasteiger partial charge on any atom is -0.368 e. The molecule has 1 heterocycles. The highest BCUT2D eigenvalue weighted by atomic mass is 35.5. The molecule has 1 aromatic heterocycles. The molecule has 94 valence electrons. The fourth-order valence-electron chi connectivity index (χ4n) is 1.43. The van der Waals surface area contributed by atoms with Crippen molar-refractivity contribution in [3.63, 3.8) is 0 Å². The van der Waals surface area contributed by atoms with Gasteiger partial charge < -0.3 is 5.73 Å². The maximum atomic E-state index is 13.1. The standard InChI is InChI=1S/C12H12ClFN4/c1-6(2)10-16-11(18-12(15)17-10)7-3-4-9(14)8(13)5-7/h3-6H,1-2H3,(H2,15,16,17,18). The van der Waals surface area contributed by atoms with E-state index in [1.165, 1.54) is 12.1 Å². The summed E-state index contributed by atoms with van der Waals surface area (Å²) in [6, 6.07) is 4.29. The molecule has 0 unspecified atom stereocenters. The van der Waals surface area contributed by atoms with E-state index in [4.69, 9.17) is 17.3 Å². The lowest BCUT2D eigenvalue weighted by Crippen LogP contribution is -2.06. The monoisotopic (exact) mass is 266 g/mol. The highest BCUT2D eigenvalue weighted by molar-refractivity contribution is 6.31. The van der Waals surface area contributed by atoms with Gasteiger partial charge in [-0.25, -0.2) is 9.37 Å². The Bertz CT molecular complexity index is 586. The van der Waals surface area contributed by atoms with Crippen molar-refractivity contribution < 1.29 is 4.39 Å². The summed E-state index contributed by atoms with van der Waals surface area (Å²) in [5, 5.41) is 0.0255. The van der Waals surface area contributed by atoms with Crippen LogP contribution in [0, 0.1) is 5.82 Å². The summed E-state index contributed by atoms with van der Waals surface area (Å²) >= 11 is 5.73. The van der Waals surface area contributed by atoms with Gasteiger partial charge in [-0.15, -0.1) is 0 Å². The van der Waals surface area contributed by atoms with Crippen molar-refractivity contribution >= 4 is 17.5 Å². The van der Waals surface area contributed by atoms with E-state index in [-0.39, 0.29) is 16.9 Å². The molecule has 1 aromatic carbocycles. The fraction of sp³-hybridized carbons (Fsp3) is 0.250. The number of benzene rings is 1. The van der Waals surface area contributed by atoms with Crippen LogP contribution in [0.2, 0.25) is 5.02 Å². The van der Waals surface area contributed by atoms with E-state index >= 15 is 0 Å². The van der Waals surface area contributed by atoms with Crippen LogP contribution in [-0.4, -0.2) is 15.0 Å². The number of nitrogen functional groups attached to an aromatic ring is 1. The Kier molecular flexibility index (Phi) is 3.43. The van der Waals surface area contributed by atoms with E-state index in [1.807, 2.05) is 13.8 Å². The van der Waals surface area contributed by atoms with Gasteiger partial charge in [0.15, 0.2) is 5.82 Å². The van der Waals surface area contributed by atoms with Crippen LogP contribution in [-0.2, 0) is 0 Å². The molecule has 0 atom stereocenters. The number of nitrogens with two attached hydrogens (primary N) is 1. The molecular formula is C12H12ClFN4. The van der Waals surface area contributed by atoms with E-state index in [2.05, 4.69) is 15.0 Å². The topological polar surface area (TPSA) is 64.7 Å². The predicted molar refractivity (Wildman–Crippen MR) is 68.7 cm³/mol. The Hall–Kier alpha value is -1.75. The van der Waals surface area contributed by atoms with Crippen molar-refractivity contribution in [2.24, 2.45) is 0 Å². The maximum Gasteiger partial charge on any atom is 0.223 e. The zero-order valence-electron chi connectivity index (χ0n) is 9.98. The molecule has 0 bridgehead atoms. The molecular weight excluding hydrogens is 255 g/mol. The van der Waals surface area contributed by atoms with Gasteiger partial charge in [0.2, 0.25) is 5.95 Å². The van der Waals surface area contributed by atoms with Crippen molar-refractivity contribution in [1.82, 2.24) is 15.0 Å². The number of hydrogen-bond donors (Lipinski definition) is 1. The fourth-order valence-corrected chi connectivity index (χ4v) is 1.61. The molecule has 18 heavy (non-hydrogen) atoms. The van der Waals surface area contributed by atoms with Gasteiger partial charge in [-0.1, -0.05) is 25.4 Å². The minimum absolute atomic E-state index is 0.0255. The van der Waals surface area contributed by atoms with Crippen LogP contribution >= 0.6 is 11.6 Å². The SMILES string of the molecule is CC(C)c1nc(N)nc(-c2ccc(F)c(Cl)c2)n1. The van der Waals surface area contributed by atoms with Gasteiger partial charge in [0.05, 0.1) is 5.02 Å². The molecule has 0 spiro atoms. The van der Waals surface area contributed by atoms with Crippen LogP contribution in [0.5, 0.6) is 0 Å². The first-order valence-electron chi connectivity index (χ1n) is 5.44. The van der Waals surface area contributed by atoms with Gasteiger partial charge in [-0.05, 0) is 18.2 Å². The van der Waals surface area contributed by atoms with Crippen LogP contribution in [0.4, 0.5) is 10.3 Å². The smallest absolute Gasteiger partial charge is 0.223 e. The van der Waals surface area contributed by atoms with Gasteiger partial charge in [-0.3, -0.25) is 0 Å². The lowest BCUT2D eigenvalue weighted by atomic mass is 10.2. The molecule has 0 saturated heterocycles. The normalized spacial score (nSPS) is 10.9. The molecule has 0 amide bonds. The Morgan fingerprint density at radius 2 is 1.94 bits per heavy atom. The molecule has 0 fully saturated rings. The number of hydrogen-bond acceptors (Lipinski definition) is 4. The van der Waals surface area contributed by atoms with Gasteiger partial charge in [0.1, 0.15) is 11.6 Å². The Labute approximate surface area is 109 Å². The Morgan fingerprint density at radius 1 is 1.22 bits per heavy atom. The van der Waals surface area contributed by atoms with E-state index in [0.29, 0.717) is 17.2 Å². The second-order valence-electron chi connectivity index (χ2n) is 4.16. The first kappa shape index (κ1) is 12.7. The van der Waals surface area contributed by atoms with Crippen LogP contribution in [0.3, 0.4) is 0 Å². The molecule has 0 saturated carbocycles. The molecule has 2 aromatic rings. The molecule has 0 aliphatic rings. The highest BCUT2D eigenvalue weighted by Gasteiger charge is 2.11. The summed E-state index contributed by atoms with van der Waals surface area (Å²) in [5.74, 6) is 0.784. The van der Waals surface area contributed by atoms with Crippen LogP contribution < -0.4 is 5.73 Å². The van der Waals surface area contributed by atoms with Crippen molar-refractivity contribution in [2.75, 3.05) is 5.73 Å². The van der Waals surface area contributed by atoms with Gasteiger partial charge in [0.25, 0.3) is 0 Å². The largest absolute Gasteiger partial charge is 0.368 e. The third-order valence-corrected chi connectivity index (χ3v) is 2.65. The summed E-state index contributed by atoms with van der Waals surface area (Å²) in [4.78, 5) is 12.4. The summed E-state index contributed by atoms with van der Waals surface area (Å²) in [6.45, 7) is 3.91. The summed E-state index contributed by atoms with van der Waals surface area (Å²) in [5.41, 5.74) is 6.24. The minimum atomic E-state index is -0.480. The van der Waals surface area contributed by atoms with Crippen molar-refractivity contribution in [2.45, 2.75) is 19.8 Å². The third-order valence-electron chi connectivity index (χ3n) is 2.36. The average Bonchev–Trinajstić information content (AvgIpc) is 2.31. The first-order chi connectivity index (χ1) is 8.47. The van der Waals surface area contributed by atoms with E-state index in [0.717, 1.165) is 0 Å². The quantitative estimate of drug-likeness (QED) is 0.907. The maximum absolute atomic E-state index is 13.1. The highest BCUT2D eigenvalue weighted by Crippen LogP contribution is 2.23. The zero-order valence-corrected chi connectivity index (χ0v) is 10.7. The molecule has 2 rings (SSSR count). The van der Waals surface area contributed by atoms with E-state index < -0.39 is 5.82 Å². The number of anilines is 1. The number of nitrogens with zero attached hydrogens (tertiary/aromatic N) is 3. The summed E-state index contributed by atoms with van der Waals surface area (Å²) in [6.07, 6.45) is 0. The van der Waals surface area contributed by atoms with E-state index in [9.17, 15) is 4.39 Å². The second kappa shape index (κ2) is 4.86. The van der Waals surface area contributed by atoms with Gasteiger partial charge >= 0.3 is 0 Å². The second-order valence-corrected chi connectivity index (χ2v) is 4.57. The van der Waals surface area contributed by atoms with Crippen LogP contribution in [0.25, 0.3) is 11.4 Å². The Morgan fingerprint density at radius 3 is 2.56 bits per heavy atom. The van der Waals surface area contributed by atoms with Crippen molar-refractivity contribution in [3.8, 4) is 11.4 Å². The van der Waals surface area contributed by atoms with Crippen molar-refractivity contribution in [3.05, 3.63) is 34.9 Å². The van der Waals surface area contributed by atoms with E-state index in [1.54, 1.807) is 6.07 Å². The molecule has 0 aliphatic carbocycles. The number of halogens is 2. The molecule has 0 radical (unpaired) electrons. The zero-order chi connectivity index (χ0) is 13.3. The van der Waals surface area contributed by atoms with Gasteiger partial charge in [0, 0.05) is 11.5 Å². The molecule has 2 N–H and O–H groups in total. The van der Waals surface area contributed by atoms with Gasteiger partial charge in [-0.2, -0.15) is 9.97 Å². The van der Waals surface area contributed by atoms with Crippen LogP contribution in [0.1, 0.15) is 25.6 Å². The molecule has 4 nitrogen and oxygen atoms in total. The third kappa shape index (κ3) is 2.56. The van der Waals surface area contributed by atoms with Crippen molar-refractivity contribution in [1.29, 1.82) is 0 Å². The first-order valence-corrected chi connectivity index (χ1v) is 5.82. The Balaban J connectivity index is 2.53. The lowest BCUT2D eigenvalue weighted by Gasteiger charge is -2.07. The molecule has 6 heteroatoms. The predicted octanol–water partition coefficient (Wildman–Crippen LogP) is 3.04. The molecule has 0 aliphatic heterocycles. The summed E-state index contributed by atoms with van der Waals surface area (Å²) in [7, 11) is 0. The average molecular weight is 267 g/mol. The number of rotatable bonds is 2. The summed E-state index contributed by atoms with van der Waals surface area (Å²) < 4.78 is 13.1. The lowest BCUT2D eigenvalue weighted by molar-refractivity contribution is 0.628. The van der Waals surface area contributed by atoms with Crippen LogP contribution in [0.15, 0.2) is 18.2 Å². The number of aromatic nitrogens is 3.